The molecule has 160 valence electrons. The van der Waals surface area contributed by atoms with Gasteiger partial charge in [-0.05, 0) is 19.1 Å². The predicted molar refractivity (Wildman–Crippen MR) is 105 cm³/mol. The van der Waals surface area contributed by atoms with Crippen LogP contribution in [0.2, 0.25) is 0 Å². The number of aromatic nitrogens is 5. The van der Waals surface area contributed by atoms with Gasteiger partial charge in [-0.15, -0.1) is 10.2 Å². The highest BCUT2D eigenvalue weighted by molar-refractivity contribution is 7.98. The third-order valence-electron chi connectivity index (χ3n) is 4.61. The molecule has 1 saturated heterocycles. The van der Waals surface area contributed by atoms with Crippen molar-refractivity contribution in [1.82, 2.24) is 24.1 Å². The van der Waals surface area contributed by atoms with E-state index in [-0.39, 0.29) is 22.4 Å². The van der Waals surface area contributed by atoms with Gasteiger partial charge in [-0.25, -0.2) is 4.98 Å². The highest BCUT2D eigenvalue weighted by atomic mass is 32.2. The third-order valence-corrected chi connectivity index (χ3v) is 5.61. The number of alkyl halides is 3. The molecule has 4 heterocycles. The Balaban J connectivity index is 1.60. The summed E-state index contributed by atoms with van der Waals surface area (Å²) >= 11 is 1.07. The van der Waals surface area contributed by atoms with Crippen LogP contribution >= 0.6 is 11.8 Å². The van der Waals surface area contributed by atoms with E-state index in [9.17, 15) is 18.0 Å². The van der Waals surface area contributed by atoms with E-state index in [1.807, 2.05) is 0 Å². The second-order valence-electron chi connectivity index (χ2n) is 6.82. The molecule has 0 radical (unpaired) electrons. The molecular formula is C18H19F3N6O2S. The molecule has 3 aromatic rings. The Morgan fingerprint density at radius 2 is 1.97 bits per heavy atom. The van der Waals surface area contributed by atoms with Gasteiger partial charge in [0.15, 0.2) is 5.16 Å². The van der Waals surface area contributed by atoms with Crippen molar-refractivity contribution in [3.8, 4) is 0 Å². The van der Waals surface area contributed by atoms with Crippen molar-refractivity contribution in [3.63, 3.8) is 0 Å². The smallest absolute Gasteiger partial charge is 0.378 e. The summed E-state index contributed by atoms with van der Waals surface area (Å²) in [5.74, 6) is 0.360. The van der Waals surface area contributed by atoms with Gasteiger partial charge in [0.1, 0.15) is 12.2 Å². The van der Waals surface area contributed by atoms with Crippen LogP contribution in [0.25, 0.3) is 5.65 Å². The molecule has 0 atom stereocenters. The lowest BCUT2D eigenvalue weighted by atomic mass is 10.3. The second kappa shape index (κ2) is 8.26. The number of morpholine rings is 1. The molecule has 12 heteroatoms. The van der Waals surface area contributed by atoms with Gasteiger partial charge in [0.25, 0.3) is 5.56 Å². The van der Waals surface area contributed by atoms with Gasteiger partial charge < -0.3 is 9.64 Å². The fourth-order valence-corrected chi connectivity index (χ4v) is 4.10. The maximum Gasteiger partial charge on any atom is 0.406 e. The molecule has 4 rings (SSSR count). The molecule has 1 aliphatic rings. The van der Waals surface area contributed by atoms with Gasteiger partial charge in [-0.1, -0.05) is 17.8 Å². The minimum absolute atomic E-state index is 0.125. The first-order valence-corrected chi connectivity index (χ1v) is 10.2. The van der Waals surface area contributed by atoms with Crippen LogP contribution in [0.5, 0.6) is 0 Å². The number of fused-ring (bicyclic) bond motifs is 1. The maximum atomic E-state index is 13.2. The van der Waals surface area contributed by atoms with Crippen molar-refractivity contribution in [2.45, 2.75) is 30.6 Å². The summed E-state index contributed by atoms with van der Waals surface area (Å²) in [6.07, 6.45) is -4.42. The van der Waals surface area contributed by atoms with E-state index in [4.69, 9.17) is 4.74 Å². The lowest BCUT2D eigenvalue weighted by Gasteiger charge is -2.28. The number of anilines is 1. The Morgan fingerprint density at radius 1 is 1.20 bits per heavy atom. The van der Waals surface area contributed by atoms with Crippen LogP contribution in [0.3, 0.4) is 0 Å². The molecule has 0 N–H and O–H groups in total. The molecule has 0 amide bonds. The van der Waals surface area contributed by atoms with E-state index in [1.54, 1.807) is 30.0 Å². The van der Waals surface area contributed by atoms with Gasteiger partial charge in [-0.2, -0.15) is 13.2 Å². The van der Waals surface area contributed by atoms with Gasteiger partial charge in [0.05, 0.1) is 18.9 Å². The predicted octanol–water partition coefficient (Wildman–Crippen LogP) is 2.29. The molecule has 8 nitrogen and oxygen atoms in total. The van der Waals surface area contributed by atoms with Crippen molar-refractivity contribution in [3.05, 3.63) is 46.0 Å². The Labute approximate surface area is 173 Å². The van der Waals surface area contributed by atoms with Crippen LogP contribution in [0, 0.1) is 6.92 Å². The molecule has 1 fully saturated rings. The van der Waals surface area contributed by atoms with Crippen LogP contribution < -0.4 is 10.5 Å². The first-order valence-electron chi connectivity index (χ1n) is 9.25. The summed E-state index contributed by atoms with van der Waals surface area (Å²) in [5.41, 5.74) is 1.47. The Bertz CT molecular complexity index is 1110. The number of thioether (sulfide) groups is 1. The molecule has 30 heavy (non-hydrogen) atoms. The van der Waals surface area contributed by atoms with Crippen LogP contribution in [0.4, 0.5) is 19.1 Å². The number of ether oxygens (including phenoxy) is 1. The standard InChI is InChI=1S/C18H19F3N6O2S/c1-12-3-2-4-14-22-13(9-15(28)27(12)14)10-30-17-24-23-16(25-5-7-29-8-6-25)26(17)11-18(19,20)21/h2-4,9H,5-8,10-11H2,1H3. The molecule has 1 aliphatic heterocycles. The van der Waals surface area contributed by atoms with Crippen molar-refractivity contribution >= 4 is 23.4 Å². The number of halogens is 3. The normalized spacial score (nSPS) is 15.1. The van der Waals surface area contributed by atoms with E-state index in [0.717, 1.165) is 22.0 Å². The summed E-state index contributed by atoms with van der Waals surface area (Å²) in [6.45, 7) is 2.35. The topological polar surface area (TPSA) is 77.5 Å². The van der Waals surface area contributed by atoms with Gasteiger partial charge in [0.2, 0.25) is 5.95 Å². The molecule has 0 unspecified atom stereocenters. The largest absolute Gasteiger partial charge is 0.406 e. The zero-order valence-electron chi connectivity index (χ0n) is 16.1. The van der Waals surface area contributed by atoms with Crippen molar-refractivity contribution in [1.29, 1.82) is 0 Å². The monoisotopic (exact) mass is 440 g/mol. The first-order chi connectivity index (χ1) is 14.3. The van der Waals surface area contributed by atoms with Gasteiger partial charge >= 0.3 is 6.18 Å². The highest BCUT2D eigenvalue weighted by Crippen LogP contribution is 2.29. The molecule has 0 aromatic carbocycles. The Hall–Kier alpha value is -2.60. The molecule has 0 aliphatic carbocycles. The van der Waals surface area contributed by atoms with Crippen molar-refractivity contribution < 1.29 is 17.9 Å². The molecule has 3 aromatic heterocycles. The van der Waals surface area contributed by atoms with E-state index in [2.05, 4.69) is 15.2 Å². The number of aryl methyl sites for hydroxylation is 1. The average molecular weight is 440 g/mol. The first kappa shape index (κ1) is 20.7. The minimum Gasteiger partial charge on any atom is -0.378 e. The Morgan fingerprint density at radius 3 is 2.70 bits per heavy atom. The Kier molecular flexibility index (Phi) is 5.69. The summed E-state index contributed by atoms with van der Waals surface area (Å²) in [4.78, 5) is 18.6. The number of pyridine rings is 1. The average Bonchev–Trinajstić information content (AvgIpc) is 3.07. The SMILES string of the molecule is Cc1cccc2nc(CSc3nnc(N4CCOCC4)n3CC(F)(F)F)cc(=O)n12. The van der Waals surface area contributed by atoms with Gasteiger partial charge in [-0.3, -0.25) is 13.8 Å². The van der Waals surface area contributed by atoms with E-state index < -0.39 is 12.7 Å². The van der Waals surface area contributed by atoms with Crippen LogP contribution in [0.1, 0.15) is 11.4 Å². The number of hydrogen-bond donors (Lipinski definition) is 0. The molecule has 0 saturated carbocycles. The fraction of sp³-hybridized carbons (Fsp3) is 0.444. The number of nitrogens with zero attached hydrogens (tertiary/aromatic N) is 6. The second-order valence-corrected chi connectivity index (χ2v) is 7.76. The number of rotatable bonds is 5. The van der Waals surface area contributed by atoms with E-state index >= 15 is 0 Å². The summed E-state index contributed by atoms with van der Waals surface area (Å²) in [6, 6.07) is 6.70. The van der Waals surface area contributed by atoms with Crippen molar-refractivity contribution in [2.24, 2.45) is 0 Å². The molecular weight excluding hydrogens is 421 g/mol. The van der Waals surface area contributed by atoms with Crippen LogP contribution in [-0.4, -0.2) is 56.6 Å². The molecule has 0 spiro atoms. The zero-order valence-corrected chi connectivity index (χ0v) is 16.9. The van der Waals surface area contributed by atoms with Crippen LogP contribution in [0.15, 0.2) is 34.2 Å². The number of hydrogen-bond acceptors (Lipinski definition) is 7. The summed E-state index contributed by atoms with van der Waals surface area (Å²) in [5, 5.41) is 8.09. The van der Waals surface area contributed by atoms with E-state index in [1.165, 1.54) is 10.5 Å². The maximum absolute atomic E-state index is 13.2. The summed E-state index contributed by atoms with van der Waals surface area (Å²) < 4.78 is 47.4. The minimum atomic E-state index is -4.42. The van der Waals surface area contributed by atoms with E-state index in [0.29, 0.717) is 37.6 Å². The molecule has 0 bridgehead atoms. The van der Waals surface area contributed by atoms with Gasteiger partial charge in [0, 0.05) is 30.6 Å². The lowest BCUT2D eigenvalue weighted by Crippen LogP contribution is -2.38. The lowest BCUT2D eigenvalue weighted by molar-refractivity contribution is -0.141. The van der Waals surface area contributed by atoms with Crippen molar-refractivity contribution in [2.75, 3.05) is 31.2 Å². The summed E-state index contributed by atoms with van der Waals surface area (Å²) in [7, 11) is 0. The zero-order chi connectivity index (χ0) is 21.3. The highest BCUT2D eigenvalue weighted by Gasteiger charge is 2.32. The van der Waals surface area contributed by atoms with Crippen LogP contribution in [-0.2, 0) is 17.0 Å². The fourth-order valence-electron chi connectivity index (χ4n) is 3.28. The quantitative estimate of drug-likeness (QED) is 0.564. The third kappa shape index (κ3) is 4.43.